The van der Waals surface area contributed by atoms with Gasteiger partial charge >= 0.3 is 0 Å². The van der Waals surface area contributed by atoms with Gasteiger partial charge in [-0.25, -0.2) is 13.1 Å². The second kappa shape index (κ2) is 9.44. The molecule has 0 bridgehead atoms. The predicted molar refractivity (Wildman–Crippen MR) is 113 cm³/mol. The van der Waals surface area contributed by atoms with Crippen molar-refractivity contribution in [3.8, 4) is 0 Å². The Balaban J connectivity index is 1.46. The van der Waals surface area contributed by atoms with Gasteiger partial charge in [-0.15, -0.1) is 0 Å². The summed E-state index contributed by atoms with van der Waals surface area (Å²) in [5.74, 6) is -1.04. The van der Waals surface area contributed by atoms with Crippen LogP contribution in [0.1, 0.15) is 42.5 Å². The summed E-state index contributed by atoms with van der Waals surface area (Å²) in [6.07, 6.45) is 5.05. The first kappa shape index (κ1) is 22.0. The first-order chi connectivity index (χ1) is 14.3. The Kier molecular flexibility index (Phi) is 6.94. The van der Waals surface area contributed by atoms with Gasteiger partial charge in [-0.3, -0.25) is 14.4 Å². The van der Waals surface area contributed by atoms with Crippen molar-refractivity contribution < 1.29 is 22.8 Å². The Morgan fingerprint density at radius 2 is 1.83 bits per heavy atom. The maximum atomic E-state index is 12.2. The van der Waals surface area contributed by atoms with E-state index < -0.39 is 21.8 Å². The van der Waals surface area contributed by atoms with Gasteiger partial charge in [0.25, 0.3) is 15.9 Å². The lowest BCUT2D eigenvalue weighted by atomic mass is 10.1. The fraction of sp³-hybridized carbons (Fsp3) is 0.350. The number of piperidine rings is 1. The minimum atomic E-state index is -3.93. The van der Waals surface area contributed by atoms with Crippen LogP contribution >= 0.6 is 11.6 Å². The maximum Gasteiger partial charge on any atom is 0.260 e. The number of benzene rings is 1. The second-order valence-corrected chi connectivity index (χ2v) is 9.23. The molecular formula is C20H22ClN3O5S. The number of amides is 3. The monoisotopic (exact) mass is 451 g/mol. The summed E-state index contributed by atoms with van der Waals surface area (Å²) in [6.45, 7) is 0.645. The molecular weight excluding hydrogens is 430 g/mol. The third kappa shape index (κ3) is 5.48. The zero-order valence-electron chi connectivity index (χ0n) is 16.2. The fourth-order valence-electron chi connectivity index (χ4n) is 3.18. The Bertz CT molecular complexity index is 1020. The number of nitrogens with zero attached hydrogens (tertiary/aromatic N) is 1. The van der Waals surface area contributed by atoms with Crippen LogP contribution in [0.15, 0.2) is 46.4 Å². The minimum Gasteiger partial charge on any atom is -0.352 e. The van der Waals surface area contributed by atoms with Crippen molar-refractivity contribution in [2.45, 2.75) is 32.1 Å². The van der Waals surface area contributed by atoms with E-state index in [0.29, 0.717) is 23.6 Å². The second-order valence-electron chi connectivity index (χ2n) is 7.01. The molecule has 3 amide bonds. The lowest BCUT2D eigenvalue weighted by Gasteiger charge is -2.26. The van der Waals surface area contributed by atoms with E-state index in [1.807, 2.05) is 4.72 Å². The normalized spacial score (nSPS) is 16.7. The number of nitrogens with one attached hydrogen (secondary N) is 2. The van der Waals surface area contributed by atoms with Crippen LogP contribution in [-0.2, 0) is 19.6 Å². The lowest BCUT2D eigenvalue weighted by molar-refractivity contribution is -0.120. The van der Waals surface area contributed by atoms with Crippen LogP contribution in [0, 0.1) is 0 Å². The SMILES string of the molecule is O=C(CCNC(=O)c1ccc(N2CCCCC2=O)cc1)NS(=O)(=O)C1=CC=C(Cl)C1. The first-order valence-corrected chi connectivity index (χ1v) is 11.4. The molecule has 1 saturated heterocycles. The van der Waals surface area contributed by atoms with Gasteiger partial charge in [0, 0.05) is 48.6 Å². The molecule has 0 unspecified atom stereocenters. The van der Waals surface area contributed by atoms with Crippen LogP contribution < -0.4 is 14.9 Å². The quantitative estimate of drug-likeness (QED) is 0.659. The zero-order valence-corrected chi connectivity index (χ0v) is 17.8. The molecule has 0 atom stereocenters. The highest BCUT2D eigenvalue weighted by Crippen LogP contribution is 2.25. The number of anilines is 1. The number of sulfonamides is 1. The van der Waals surface area contributed by atoms with Crippen molar-refractivity contribution in [1.29, 1.82) is 0 Å². The number of allylic oxidation sites excluding steroid dienone is 4. The van der Waals surface area contributed by atoms with Crippen molar-refractivity contribution in [2.75, 3.05) is 18.0 Å². The van der Waals surface area contributed by atoms with Crippen LogP contribution in [0.3, 0.4) is 0 Å². The van der Waals surface area contributed by atoms with Gasteiger partial charge in [-0.1, -0.05) is 11.6 Å². The summed E-state index contributed by atoms with van der Waals surface area (Å²) in [5, 5.41) is 2.96. The van der Waals surface area contributed by atoms with Gasteiger partial charge in [0.2, 0.25) is 11.8 Å². The molecule has 1 aromatic carbocycles. The average molecular weight is 452 g/mol. The summed E-state index contributed by atoms with van der Waals surface area (Å²) in [7, 11) is -3.93. The van der Waals surface area contributed by atoms with Crippen LogP contribution in [0.5, 0.6) is 0 Å². The lowest BCUT2D eigenvalue weighted by Crippen LogP contribution is -2.35. The molecule has 160 valence electrons. The Hall–Kier alpha value is -2.65. The number of hydrogen-bond donors (Lipinski definition) is 2. The molecule has 1 aliphatic heterocycles. The van der Waals surface area contributed by atoms with Crippen LogP contribution in [-0.4, -0.2) is 39.2 Å². The molecule has 1 aromatic rings. The third-order valence-corrected chi connectivity index (χ3v) is 6.52. The smallest absolute Gasteiger partial charge is 0.260 e. The van der Waals surface area contributed by atoms with Gasteiger partial charge < -0.3 is 10.2 Å². The molecule has 10 heteroatoms. The van der Waals surface area contributed by atoms with Gasteiger partial charge in [0.1, 0.15) is 0 Å². The van der Waals surface area contributed by atoms with E-state index in [9.17, 15) is 22.8 Å². The summed E-state index contributed by atoms with van der Waals surface area (Å²) in [6, 6.07) is 6.65. The van der Waals surface area contributed by atoms with Gasteiger partial charge in [0.05, 0.1) is 4.91 Å². The number of halogens is 1. The molecule has 0 radical (unpaired) electrons. The van der Waals surface area contributed by atoms with Gasteiger partial charge in [-0.2, -0.15) is 0 Å². The van der Waals surface area contributed by atoms with E-state index in [-0.39, 0.29) is 30.2 Å². The van der Waals surface area contributed by atoms with E-state index in [4.69, 9.17) is 11.6 Å². The summed E-state index contributed by atoms with van der Waals surface area (Å²) in [4.78, 5) is 37.8. The van der Waals surface area contributed by atoms with Crippen molar-refractivity contribution >= 4 is 45.0 Å². The molecule has 0 spiro atoms. The Labute approximate surface area is 180 Å². The molecule has 0 saturated carbocycles. The van der Waals surface area contributed by atoms with Crippen LogP contribution in [0.25, 0.3) is 0 Å². The molecule has 1 aliphatic carbocycles. The summed E-state index contributed by atoms with van der Waals surface area (Å²) in [5.41, 5.74) is 1.13. The molecule has 1 fully saturated rings. The highest BCUT2D eigenvalue weighted by molar-refractivity contribution is 7.93. The van der Waals surface area contributed by atoms with Crippen molar-refractivity contribution in [3.63, 3.8) is 0 Å². The minimum absolute atomic E-state index is 0.0232. The zero-order chi connectivity index (χ0) is 21.7. The molecule has 1 heterocycles. The van der Waals surface area contributed by atoms with E-state index in [1.165, 1.54) is 12.2 Å². The summed E-state index contributed by atoms with van der Waals surface area (Å²) >= 11 is 5.75. The van der Waals surface area contributed by atoms with E-state index >= 15 is 0 Å². The van der Waals surface area contributed by atoms with Gasteiger partial charge in [-0.05, 0) is 49.3 Å². The highest BCUT2D eigenvalue weighted by Gasteiger charge is 2.23. The van der Waals surface area contributed by atoms with Crippen molar-refractivity contribution in [3.05, 3.63) is 51.9 Å². The third-order valence-electron chi connectivity index (χ3n) is 4.79. The molecule has 0 aromatic heterocycles. The fourth-order valence-corrected chi connectivity index (χ4v) is 4.59. The molecule has 8 nitrogen and oxygen atoms in total. The number of hydrogen-bond acceptors (Lipinski definition) is 5. The Morgan fingerprint density at radius 1 is 1.10 bits per heavy atom. The van der Waals surface area contributed by atoms with Crippen molar-refractivity contribution in [2.24, 2.45) is 0 Å². The van der Waals surface area contributed by atoms with E-state index in [0.717, 1.165) is 18.5 Å². The molecule has 2 N–H and O–H groups in total. The number of carbonyl (C=O) groups excluding carboxylic acids is 3. The van der Waals surface area contributed by atoms with E-state index in [1.54, 1.807) is 29.2 Å². The standard InChI is InChI=1S/C20H22ClN3O5S/c21-15-6-9-17(13-15)30(28,29)23-18(25)10-11-22-20(27)14-4-7-16(8-5-14)24-12-2-1-3-19(24)26/h4-9H,1-3,10-13H2,(H,22,27)(H,23,25). The highest BCUT2D eigenvalue weighted by atomic mass is 35.5. The largest absolute Gasteiger partial charge is 0.352 e. The molecule has 3 rings (SSSR count). The van der Waals surface area contributed by atoms with Gasteiger partial charge in [0.15, 0.2) is 0 Å². The van der Waals surface area contributed by atoms with Crippen LogP contribution in [0.2, 0.25) is 0 Å². The topological polar surface area (TPSA) is 113 Å². The first-order valence-electron chi connectivity index (χ1n) is 9.56. The Morgan fingerprint density at radius 3 is 2.47 bits per heavy atom. The number of rotatable bonds is 7. The molecule has 30 heavy (non-hydrogen) atoms. The average Bonchev–Trinajstić information content (AvgIpc) is 3.15. The van der Waals surface area contributed by atoms with Crippen molar-refractivity contribution in [1.82, 2.24) is 10.0 Å². The molecule has 2 aliphatic rings. The number of carbonyl (C=O) groups is 3. The van der Waals surface area contributed by atoms with Crippen LogP contribution in [0.4, 0.5) is 5.69 Å². The predicted octanol–water partition coefficient (Wildman–Crippen LogP) is 2.18. The summed E-state index contributed by atoms with van der Waals surface area (Å²) < 4.78 is 26.1. The van der Waals surface area contributed by atoms with E-state index in [2.05, 4.69) is 5.32 Å². The maximum absolute atomic E-state index is 12.2.